The first kappa shape index (κ1) is 23.6. The number of hydrogen-bond donors (Lipinski definition) is 1. The average Bonchev–Trinajstić information content (AvgIpc) is 2.88. The summed E-state index contributed by atoms with van der Waals surface area (Å²) in [5.41, 5.74) is 1.54. The van der Waals surface area contributed by atoms with Crippen molar-refractivity contribution in [3.05, 3.63) is 60.7 Å². The standard InChI is InChI=1S/C24H26FN5O3S/c1-32-19-7-8-21(33-2)20(15-19)28-22(31)16-34-24-23(26-9-10-27-24)30-13-11-29(12-14-30)18-5-3-17(25)4-6-18/h3-10,15H,11-14,16H2,1-2H3,(H,28,31). The zero-order valence-electron chi connectivity index (χ0n) is 19.0. The van der Waals surface area contributed by atoms with Crippen LogP contribution in [0.25, 0.3) is 0 Å². The monoisotopic (exact) mass is 483 g/mol. The van der Waals surface area contributed by atoms with Gasteiger partial charge in [-0.05, 0) is 36.4 Å². The van der Waals surface area contributed by atoms with E-state index in [0.717, 1.165) is 37.7 Å². The molecule has 0 aliphatic carbocycles. The Labute approximate surface area is 202 Å². The molecule has 2 heterocycles. The fourth-order valence-corrected chi connectivity index (χ4v) is 4.48. The number of aromatic nitrogens is 2. The Morgan fingerprint density at radius 1 is 1.00 bits per heavy atom. The van der Waals surface area contributed by atoms with Crippen molar-refractivity contribution in [2.75, 3.05) is 61.3 Å². The molecule has 1 aliphatic rings. The molecule has 178 valence electrons. The van der Waals surface area contributed by atoms with Crippen LogP contribution < -0.4 is 24.6 Å². The fourth-order valence-electron chi connectivity index (χ4n) is 3.70. The van der Waals surface area contributed by atoms with E-state index in [2.05, 4.69) is 25.1 Å². The molecule has 0 radical (unpaired) electrons. The first-order chi connectivity index (χ1) is 16.6. The molecule has 0 saturated carbocycles. The van der Waals surface area contributed by atoms with Gasteiger partial charge in [-0.1, -0.05) is 11.8 Å². The van der Waals surface area contributed by atoms with Gasteiger partial charge in [0, 0.05) is 50.3 Å². The summed E-state index contributed by atoms with van der Waals surface area (Å²) in [6.45, 7) is 3.05. The second kappa shape index (κ2) is 11.1. The van der Waals surface area contributed by atoms with Gasteiger partial charge >= 0.3 is 0 Å². The number of methoxy groups -OCH3 is 2. The van der Waals surface area contributed by atoms with Gasteiger partial charge in [0.25, 0.3) is 0 Å². The third kappa shape index (κ3) is 5.69. The number of nitrogens with one attached hydrogen (secondary N) is 1. The van der Waals surface area contributed by atoms with Gasteiger partial charge < -0.3 is 24.6 Å². The molecule has 34 heavy (non-hydrogen) atoms. The molecule has 0 unspecified atom stereocenters. The minimum Gasteiger partial charge on any atom is -0.497 e. The molecule has 1 aliphatic heterocycles. The molecule has 8 nitrogen and oxygen atoms in total. The van der Waals surface area contributed by atoms with Crippen LogP contribution in [0.4, 0.5) is 21.6 Å². The van der Waals surface area contributed by atoms with Gasteiger partial charge in [-0.3, -0.25) is 4.79 Å². The van der Waals surface area contributed by atoms with E-state index in [9.17, 15) is 9.18 Å². The summed E-state index contributed by atoms with van der Waals surface area (Å²) < 4.78 is 23.8. The predicted octanol–water partition coefficient (Wildman–Crippen LogP) is 3.69. The van der Waals surface area contributed by atoms with E-state index in [-0.39, 0.29) is 17.5 Å². The summed E-state index contributed by atoms with van der Waals surface area (Å²) in [4.78, 5) is 26.0. The minimum atomic E-state index is -0.238. The summed E-state index contributed by atoms with van der Waals surface area (Å²) in [6, 6.07) is 11.8. The van der Waals surface area contributed by atoms with Crippen molar-refractivity contribution in [2.24, 2.45) is 0 Å². The second-order valence-electron chi connectivity index (χ2n) is 7.54. The Balaban J connectivity index is 1.37. The van der Waals surface area contributed by atoms with Crippen LogP contribution in [-0.2, 0) is 4.79 Å². The van der Waals surface area contributed by atoms with Crippen molar-refractivity contribution >= 4 is 34.9 Å². The quantitative estimate of drug-likeness (QED) is 0.486. The van der Waals surface area contributed by atoms with E-state index in [0.29, 0.717) is 22.2 Å². The summed E-state index contributed by atoms with van der Waals surface area (Å²) in [5, 5.41) is 3.57. The lowest BCUT2D eigenvalue weighted by atomic mass is 10.2. The van der Waals surface area contributed by atoms with Crippen molar-refractivity contribution in [1.82, 2.24) is 9.97 Å². The van der Waals surface area contributed by atoms with Crippen molar-refractivity contribution in [2.45, 2.75) is 5.03 Å². The summed E-state index contributed by atoms with van der Waals surface area (Å²) in [7, 11) is 3.12. The first-order valence-corrected chi connectivity index (χ1v) is 11.8. The van der Waals surface area contributed by atoms with Gasteiger partial charge in [0.05, 0.1) is 25.7 Å². The number of hydrogen-bond acceptors (Lipinski definition) is 8. The minimum absolute atomic E-state index is 0.168. The SMILES string of the molecule is COc1ccc(OC)c(NC(=O)CSc2nccnc2N2CCN(c3ccc(F)cc3)CC2)c1. The number of halogens is 1. The molecule has 1 N–H and O–H groups in total. The van der Waals surface area contributed by atoms with Gasteiger partial charge in [0.1, 0.15) is 22.3 Å². The predicted molar refractivity (Wildman–Crippen MR) is 132 cm³/mol. The van der Waals surface area contributed by atoms with E-state index in [1.165, 1.54) is 23.9 Å². The summed E-state index contributed by atoms with van der Waals surface area (Å²) >= 11 is 1.34. The molecule has 10 heteroatoms. The molecule has 0 atom stereocenters. The Hall–Kier alpha value is -3.53. The van der Waals surface area contributed by atoms with Crippen LogP contribution in [0, 0.1) is 5.82 Å². The maximum atomic E-state index is 13.2. The van der Waals surface area contributed by atoms with Gasteiger partial charge in [0.15, 0.2) is 5.82 Å². The lowest BCUT2D eigenvalue weighted by Crippen LogP contribution is -2.47. The summed E-state index contributed by atoms with van der Waals surface area (Å²) in [6.07, 6.45) is 3.29. The molecule has 1 saturated heterocycles. The van der Waals surface area contributed by atoms with Crippen molar-refractivity contribution in [3.63, 3.8) is 0 Å². The van der Waals surface area contributed by atoms with Crippen LogP contribution in [0.2, 0.25) is 0 Å². The molecule has 1 fully saturated rings. The number of ether oxygens (including phenoxy) is 2. The van der Waals surface area contributed by atoms with Crippen LogP contribution in [0.15, 0.2) is 59.9 Å². The molecule has 2 aromatic carbocycles. The number of nitrogens with zero attached hydrogens (tertiary/aromatic N) is 4. The number of anilines is 3. The zero-order chi connectivity index (χ0) is 23.9. The normalized spacial score (nSPS) is 13.5. The van der Waals surface area contributed by atoms with Crippen LogP contribution in [-0.4, -0.2) is 62.0 Å². The molecular formula is C24H26FN5O3S. The topological polar surface area (TPSA) is 79.8 Å². The average molecular weight is 484 g/mol. The van der Waals surface area contributed by atoms with Crippen LogP contribution >= 0.6 is 11.8 Å². The highest BCUT2D eigenvalue weighted by atomic mass is 32.2. The van der Waals surface area contributed by atoms with Gasteiger partial charge in [-0.25, -0.2) is 14.4 Å². The first-order valence-electron chi connectivity index (χ1n) is 10.8. The molecule has 4 rings (SSSR count). The largest absolute Gasteiger partial charge is 0.497 e. The molecule has 0 spiro atoms. The highest BCUT2D eigenvalue weighted by Gasteiger charge is 2.22. The Bertz CT molecular complexity index is 1120. The maximum absolute atomic E-state index is 13.2. The van der Waals surface area contributed by atoms with E-state index in [4.69, 9.17) is 9.47 Å². The van der Waals surface area contributed by atoms with E-state index < -0.39 is 0 Å². The van der Waals surface area contributed by atoms with Crippen molar-refractivity contribution in [3.8, 4) is 11.5 Å². The molecular weight excluding hydrogens is 457 g/mol. The second-order valence-corrected chi connectivity index (χ2v) is 8.50. The number of amides is 1. The van der Waals surface area contributed by atoms with Crippen molar-refractivity contribution < 1.29 is 18.7 Å². The third-order valence-electron chi connectivity index (χ3n) is 5.44. The summed E-state index contributed by atoms with van der Waals surface area (Å²) in [5.74, 6) is 1.68. The van der Waals surface area contributed by atoms with E-state index in [1.807, 2.05) is 0 Å². The highest BCUT2D eigenvalue weighted by molar-refractivity contribution is 8.00. The molecule has 0 bridgehead atoms. The Kier molecular flexibility index (Phi) is 7.69. The lowest BCUT2D eigenvalue weighted by molar-refractivity contribution is -0.113. The van der Waals surface area contributed by atoms with Crippen LogP contribution in [0.3, 0.4) is 0 Å². The van der Waals surface area contributed by atoms with Gasteiger partial charge in [-0.2, -0.15) is 0 Å². The molecule has 1 aromatic heterocycles. The number of benzene rings is 2. The fraction of sp³-hybridized carbons (Fsp3) is 0.292. The van der Waals surface area contributed by atoms with Gasteiger partial charge in [-0.15, -0.1) is 0 Å². The smallest absolute Gasteiger partial charge is 0.234 e. The van der Waals surface area contributed by atoms with E-state index >= 15 is 0 Å². The third-order valence-corrected chi connectivity index (χ3v) is 6.41. The molecule has 3 aromatic rings. The van der Waals surface area contributed by atoms with Crippen LogP contribution in [0.1, 0.15) is 0 Å². The number of thioether (sulfide) groups is 1. The highest BCUT2D eigenvalue weighted by Crippen LogP contribution is 2.30. The number of carbonyl (C=O) groups excluding carboxylic acids is 1. The Morgan fingerprint density at radius 2 is 1.71 bits per heavy atom. The molecule has 1 amide bonds. The van der Waals surface area contributed by atoms with Crippen molar-refractivity contribution in [1.29, 1.82) is 0 Å². The van der Waals surface area contributed by atoms with Gasteiger partial charge in [0.2, 0.25) is 5.91 Å². The van der Waals surface area contributed by atoms with E-state index in [1.54, 1.807) is 56.9 Å². The zero-order valence-corrected chi connectivity index (χ0v) is 19.8. The number of carbonyl (C=O) groups is 1. The number of rotatable bonds is 8. The Morgan fingerprint density at radius 3 is 2.41 bits per heavy atom. The van der Waals surface area contributed by atoms with Crippen LogP contribution in [0.5, 0.6) is 11.5 Å². The maximum Gasteiger partial charge on any atom is 0.234 e. The lowest BCUT2D eigenvalue weighted by Gasteiger charge is -2.37. The number of piperazine rings is 1.